The molecule has 8 nitrogen and oxygen atoms in total. The molecule has 0 saturated heterocycles. The molecule has 1 aliphatic rings. The number of aryl methyl sites for hydroxylation is 1. The van der Waals surface area contributed by atoms with Gasteiger partial charge in [-0.15, -0.1) is 0 Å². The highest BCUT2D eigenvalue weighted by atomic mass is 16.2. The van der Waals surface area contributed by atoms with Crippen molar-refractivity contribution < 1.29 is 14.4 Å². The number of benzene rings is 2. The highest BCUT2D eigenvalue weighted by Crippen LogP contribution is 2.22. The molecular formula is C25H29N5O3. The van der Waals surface area contributed by atoms with Gasteiger partial charge in [-0.3, -0.25) is 14.4 Å². The lowest BCUT2D eigenvalue weighted by Gasteiger charge is -2.15. The van der Waals surface area contributed by atoms with E-state index in [1.54, 1.807) is 24.3 Å². The molecule has 3 amide bonds. The molecule has 0 unspecified atom stereocenters. The van der Waals surface area contributed by atoms with Gasteiger partial charge in [0.1, 0.15) is 11.9 Å². The number of nitrogens with one attached hydrogen (secondary N) is 3. The van der Waals surface area contributed by atoms with Crippen molar-refractivity contribution in [2.75, 3.05) is 11.9 Å². The highest BCUT2D eigenvalue weighted by molar-refractivity contribution is 6.09. The number of anilines is 1. The molecule has 3 N–H and O–H groups in total. The summed E-state index contributed by atoms with van der Waals surface area (Å²) >= 11 is 0. The number of nitrogens with zero attached hydrogens (tertiary/aromatic N) is 2. The maximum Gasteiger partial charge on any atom is 0.254 e. The lowest BCUT2D eigenvalue weighted by atomic mass is 10.1. The molecule has 0 spiro atoms. The average Bonchev–Trinajstić information content (AvgIpc) is 3.12. The predicted octanol–water partition coefficient (Wildman–Crippen LogP) is 3.20. The van der Waals surface area contributed by atoms with E-state index in [0.717, 1.165) is 29.7 Å². The zero-order chi connectivity index (χ0) is 23.4. The quantitative estimate of drug-likeness (QED) is 0.461. The Morgan fingerprint density at radius 3 is 2.70 bits per heavy atom. The van der Waals surface area contributed by atoms with E-state index in [0.29, 0.717) is 23.8 Å². The van der Waals surface area contributed by atoms with Crippen molar-refractivity contribution in [1.29, 1.82) is 0 Å². The molecule has 1 atom stereocenters. The Balaban J connectivity index is 1.25. The Kier molecular flexibility index (Phi) is 6.72. The van der Waals surface area contributed by atoms with Crippen LogP contribution in [0.2, 0.25) is 0 Å². The fourth-order valence-corrected chi connectivity index (χ4v) is 4.20. The lowest BCUT2D eigenvalue weighted by Crippen LogP contribution is -2.42. The molecular weight excluding hydrogens is 418 g/mol. The zero-order valence-electron chi connectivity index (χ0n) is 18.9. The molecule has 1 aromatic heterocycles. The largest absolute Gasteiger partial charge is 0.356 e. The first-order valence-corrected chi connectivity index (χ1v) is 11.4. The Morgan fingerprint density at radius 2 is 1.88 bits per heavy atom. The van der Waals surface area contributed by atoms with Crippen molar-refractivity contribution in [2.45, 2.75) is 51.6 Å². The number of fused-ring (bicyclic) bond motifs is 2. The summed E-state index contributed by atoms with van der Waals surface area (Å²) in [7, 11) is 0. The minimum Gasteiger partial charge on any atom is -0.356 e. The van der Waals surface area contributed by atoms with Crippen LogP contribution in [0, 0.1) is 0 Å². The molecule has 2 aromatic carbocycles. The number of carbonyl (C=O) groups is 3. The molecule has 4 rings (SSSR count). The molecule has 0 fully saturated rings. The Hall–Kier alpha value is -3.68. The van der Waals surface area contributed by atoms with Crippen molar-refractivity contribution in [3.63, 3.8) is 0 Å². The second-order valence-corrected chi connectivity index (χ2v) is 8.53. The Morgan fingerprint density at radius 1 is 1.12 bits per heavy atom. The van der Waals surface area contributed by atoms with Gasteiger partial charge in [0.05, 0.1) is 22.3 Å². The maximum absolute atomic E-state index is 12.4. The van der Waals surface area contributed by atoms with E-state index < -0.39 is 6.04 Å². The van der Waals surface area contributed by atoms with Crippen LogP contribution in [0.1, 0.15) is 55.3 Å². The fraction of sp³-hybridized carbons (Fsp3) is 0.360. The number of carbonyl (C=O) groups excluding carboxylic acids is 3. The first-order chi connectivity index (χ1) is 15.9. The minimum absolute atomic E-state index is 0.142. The lowest BCUT2D eigenvalue weighted by molar-refractivity contribution is -0.121. The smallest absolute Gasteiger partial charge is 0.254 e. The molecule has 8 heteroatoms. The van der Waals surface area contributed by atoms with Gasteiger partial charge in [0, 0.05) is 25.4 Å². The summed E-state index contributed by atoms with van der Waals surface area (Å²) in [5.74, 6) is 0.241. The van der Waals surface area contributed by atoms with Gasteiger partial charge in [0.2, 0.25) is 11.8 Å². The number of rotatable bonds is 8. The van der Waals surface area contributed by atoms with Crippen LogP contribution in [-0.2, 0) is 16.0 Å². The van der Waals surface area contributed by atoms with Gasteiger partial charge in [-0.25, -0.2) is 4.98 Å². The average molecular weight is 448 g/mol. The summed E-state index contributed by atoms with van der Waals surface area (Å²) in [6, 6.07) is 14.5. The summed E-state index contributed by atoms with van der Waals surface area (Å²) in [5, 5.41) is 8.39. The molecule has 0 saturated carbocycles. The number of imidazole rings is 1. The van der Waals surface area contributed by atoms with E-state index in [2.05, 4.69) is 40.4 Å². The van der Waals surface area contributed by atoms with E-state index in [-0.39, 0.29) is 30.6 Å². The Bertz CT molecular complexity index is 1180. The van der Waals surface area contributed by atoms with Crippen molar-refractivity contribution in [3.8, 4) is 0 Å². The third-order valence-electron chi connectivity index (χ3n) is 5.80. The number of aromatic nitrogens is 2. The van der Waals surface area contributed by atoms with Crippen LogP contribution >= 0.6 is 0 Å². The van der Waals surface area contributed by atoms with Crippen LogP contribution in [0.3, 0.4) is 0 Å². The standard InChI is InChI=1S/C25H29N5O3/c1-16(2)30-21-11-6-5-10-19(21)27-22(30)12-7-15-26-23(31)14-13-20-25(33)28-18-9-4-3-8-17(18)24(32)29-20/h3-6,8-11,16,20H,7,12-15H2,1-2H3,(H,26,31)(H,28,33)(H,29,32)/t20-/m1/s1. The normalized spacial score (nSPS) is 15.7. The van der Waals surface area contributed by atoms with Gasteiger partial charge in [-0.05, 0) is 51.0 Å². The van der Waals surface area contributed by atoms with Crippen LogP contribution in [0.4, 0.5) is 5.69 Å². The second-order valence-electron chi connectivity index (χ2n) is 8.53. The van der Waals surface area contributed by atoms with Crippen LogP contribution in [0.5, 0.6) is 0 Å². The fourth-order valence-electron chi connectivity index (χ4n) is 4.20. The van der Waals surface area contributed by atoms with Crippen LogP contribution in [-0.4, -0.2) is 39.9 Å². The SMILES string of the molecule is CC(C)n1c(CCCNC(=O)CC[C@H]2NC(=O)c3ccccc3NC2=O)nc2ccccc21. The predicted molar refractivity (Wildman–Crippen MR) is 127 cm³/mol. The third-order valence-corrected chi connectivity index (χ3v) is 5.80. The van der Waals surface area contributed by atoms with Gasteiger partial charge in [0.15, 0.2) is 0 Å². The van der Waals surface area contributed by atoms with Gasteiger partial charge in [0.25, 0.3) is 5.91 Å². The van der Waals surface area contributed by atoms with Crippen molar-refractivity contribution in [3.05, 3.63) is 59.9 Å². The number of para-hydroxylation sites is 3. The monoisotopic (exact) mass is 447 g/mol. The summed E-state index contributed by atoms with van der Waals surface area (Å²) < 4.78 is 2.24. The molecule has 172 valence electrons. The van der Waals surface area contributed by atoms with Gasteiger partial charge < -0.3 is 20.5 Å². The third kappa shape index (κ3) is 5.05. The van der Waals surface area contributed by atoms with E-state index >= 15 is 0 Å². The Labute approximate surface area is 192 Å². The summed E-state index contributed by atoms with van der Waals surface area (Å²) in [6.07, 6.45) is 1.91. The molecule has 0 radical (unpaired) electrons. The molecule has 33 heavy (non-hydrogen) atoms. The molecule has 1 aliphatic heterocycles. The van der Waals surface area contributed by atoms with E-state index in [9.17, 15) is 14.4 Å². The molecule has 2 heterocycles. The van der Waals surface area contributed by atoms with Gasteiger partial charge in [-0.1, -0.05) is 24.3 Å². The highest BCUT2D eigenvalue weighted by Gasteiger charge is 2.27. The van der Waals surface area contributed by atoms with Gasteiger partial charge in [-0.2, -0.15) is 0 Å². The van der Waals surface area contributed by atoms with Crippen molar-refractivity contribution >= 4 is 34.4 Å². The molecule has 3 aromatic rings. The minimum atomic E-state index is -0.749. The van der Waals surface area contributed by atoms with Crippen LogP contribution < -0.4 is 16.0 Å². The second kappa shape index (κ2) is 9.85. The van der Waals surface area contributed by atoms with Crippen LogP contribution in [0.15, 0.2) is 48.5 Å². The zero-order valence-corrected chi connectivity index (χ0v) is 18.9. The van der Waals surface area contributed by atoms with Gasteiger partial charge >= 0.3 is 0 Å². The first-order valence-electron chi connectivity index (χ1n) is 11.4. The van der Waals surface area contributed by atoms with E-state index in [1.165, 1.54) is 0 Å². The van der Waals surface area contributed by atoms with Crippen molar-refractivity contribution in [1.82, 2.24) is 20.2 Å². The number of hydrogen-bond acceptors (Lipinski definition) is 4. The molecule has 0 aliphatic carbocycles. The van der Waals surface area contributed by atoms with E-state index in [4.69, 9.17) is 4.98 Å². The summed E-state index contributed by atoms with van der Waals surface area (Å²) in [5.41, 5.74) is 3.01. The van der Waals surface area contributed by atoms with Crippen molar-refractivity contribution in [2.24, 2.45) is 0 Å². The molecule has 0 bridgehead atoms. The summed E-state index contributed by atoms with van der Waals surface area (Å²) in [6.45, 7) is 4.80. The maximum atomic E-state index is 12.4. The van der Waals surface area contributed by atoms with E-state index in [1.807, 2.05) is 18.2 Å². The number of hydrogen-bond donors (Lipinski definition) is 3. The number of amides is 3. The van der Waals surface area contributed by atoms with Crippen LogP contribution in [0.25, 0.3) is 11.0 Å². The topological polar surface area (TPSA) is 105 Å². The first kappa shape index (κ1) is 22.5. The summed E-state index contributed by atoms with van der Waals surface area (Å²) in [4.78, 5) is 41.9.